The molecule has 1 heterocycles. The van der Waals surface area contributed by atoms with Crippen LogP contribution >= 0.6 is 11.8 Å². The molecule has 1 aromatic carbocycles. The summed E-state index contributed by atoms with van der Waals surface area (Å²) in [6.07, 6.45) is 5.85. The fourth-order valence-electron chi connectivity index (χ4n) is 1.79. The van der Waals surface area contributed by atoms with E-state index < -0.39 is 0 Å². The van der Waals surface area contributed by atoms with Crippen molar-refractivity contribution in [3.8, 4) is 0 Å². The van der Waals surface area contributed by atoms with Crippen molar-refractivity contribution in [3.63, 3.8) is 0 Å². The van der Waals surface area contributed by atoms with Gasteiger partial charge in [-0.05, 0) is 48.1 Å². The van der Waals surface area contributed by atoms with Gasteiger partial charge in [0.05, 0.1) is 0 Å². The molecular weight excluding hydrogens is 240 g/mol. The van der Waals surface area contributed by atoms with Gasteiger partial charge in [0.15, 0.2) is 0 Å². The topological polar surface area (TPSA) is 24.9 Å². The highest BCUT2D eigenvalue weighted by molar-refractivity contribution is 7.98. The first kappa shape index (κ1) is 13.1. The highest BCUT2D eigenvalue weighted by Crippen LogP contribution is 2.14. The van der Waals surface area contributed by atoms with E-state index >= 15 is 0 Å². The Morgan fingerprint density at radius 2 is 1.89 bits per heavy atom. The Balaban J connectivity index is 1.86. The van der Waals surface area contributed by atoms with Crippen molar-refractivity contribution in [1.82, 2.24) is 10.3 Å². The second kappa shape index (κ2) is 6.57. The third kappa shape index (κ3) is 3.59. The van der Waals surface area contributed by atoms with Crippen LogP contribution in [0.5, 0.6) is 0 Å². The quantitative estimate of drug-likeness (QED) is 0.832. The minimum Gasteiger partial charge on any atom is -0.309 e. The second-order valence-electron chi connectivity index (χ2n) is 4.25. The van der Waals surface area contributed by atoms with Crippen molar-refractivity contribution in [1.29, 1.82) is 0 Å². The predicted octanol–water partition coefficient (Wildman–Crippen LogP) is 3.40. The van der Waals surface area contributed by atoms with Crippen molar-refractivity contribution >= 4 is 11.8 Å². The van der Waals surface area contributed by atoms with Gasteiger partial charge in [0, 0.05) is 30.4 Å². The molecule has 0 amide bonds. The molecule has 1 N–H and O–H groups in total. The lowest BCUT2D eigenvalue weighted by Gasteiger charge is -2.07. The molecule has 3 heteroatoms. The van der Waals surface area contributed by atoms with Crippen LogP contribution in [-0.4, -0.2) is 11.2 Å². The van der Waals surface area contributed by atoms with E-state index in [9.17, 15) is 0 Å². The summed E-state index contributed by atoms with van der Waals surface area (Å²) in [4.78, 5) is 5.41. The molecule has 0 saturated carbocycles. The van der Waals surface area contributed by atoms with Crippen LogP contribution in [0, 0.1) is 6.92 Å². The molecule has 0 bridgehead atoms. The van der Waals surface area contributed by atoms with Gasteiger partial charge in [-0.2, -0.15) is 0 Å². The monoisotopic (exact) mass is 258 g/mol. The third-order valence-electron chi connectivity index (χ3n) is 2.94. The molecule has 0 unspecified atom stereocenters. The van der Waals surface area contributed by atoms with Crippen molar-refractivity contribution in [2.45, 2.75) is 24.9 Å². The molecule has 2 nitrogen and oxygen atoms in total. The van der Waals surface area contributed by atoms with E-state index in [0.717, 1.165) is 13.1 Å². The lowest BCUT2D eigenvalue weighted by atomic mass is 10.1. The van der Waals surface area contributed by atoms with Gasteiger partial charge in [0.1, 0.15) is 0 Å². The van der Waals surface area contributed by atoms with Crippen LogP contribution in [0.15, 0.2) is 47.6 Å². The number of rotatable bonds is 5. The zero-order valence-electron chi connectivity index (χ0n) is 10.8. The molecule has 94 valence electrons. The highest BCUT2D eigenvalue weighted by atomic mass is 32.2. The molecule has 0 fully saturated rings. The zero-order valence-corrected chi connectivity index (χ0v) is 11.6. The minimum atomic E-state index is 0.888. The molecule has 0 aliphatic heterocycles. The molecule has 0 spiro atoms. The van der Waals surface area contributed by atoms with Gasteiger partial charge in [0.2, 0.25) is 0 Å². The Bertz CT molecular complexity index is 494. The summed E-state index contributed by atoms with van der Waals surface area (Å²) in [6, 6.07) is 10.8. The summed E-state index contributed by atoms with van der Waals surface area (Å²) in [5.41, 5.74) is 3.87. The lowest BCUT2D eigenvalue weighted by molar-refractivity contribution is 0.689. The Labute approximate surface area is 113 Å². The molecule has 2 rings (SSSR count). The Morgan fingerprint density at radius 3 is 2.56 bits per heavy atom. The molecule has 1 aromatic heterocycles. The Morgan fingerprint density at radius 1 is 1.11 bits per heavy atom. The van der Waals surface area contributed by atoms with Gasteiger partial charge in [0.25, 0.3) is 0 Å². The van der Waals surface area contributed by atoms with Gasteiger partial charge < -0.3 is 5.32 Å². The summed E-state index contributed by atoms with van der Waals surface area (Å²) in [5.74, 6) is 0. The van der Waals surface area contributed by atoms with Gasteiger partial charge in [-0.25, -0.2) is 0 Å². The maximum atomic E-state index is 4.10. The normalized spacial score (nSPS) is 10.6. The van der Waals surface area contributed by atoms with Crippen LogP contribution in [0.2, 0.25) is 0 Å². The summed E-state index contributed by atoms with van der Waals surface area (Å²) < 4.78 is 0. The van der Waals surface area contributed by atoms with Crippen molar-refractivity contribution in [3.05, 3.63) is 59.4 Å². The average molecular weight is 258 g/mol. The number of nitrogens with one attached hydrogen (secondary N) is 1. The molecular formula is C15H18N2S. The number of thioether (sulfide) groups is 1. The summed E-state index contributed by atoms with van der Waals surface area (Å²) >= 11 is 1.77. The van der Waals surface area contributed by atoms with E-state index in [1.165, 1.54) is 21.6 Å². The largest absolute Gasteiger partial charge is 0.309 e. The SMILES string of the molecule is CSc1ccc(CNCc2ccncc2C)cc1. The first-order chi connectivity index (χ1) is 8.79. The van der Waals surface area contributed by atoms with Crippen LogP contribution in [0.3, 0.4) is 0 Å². The lowest BCUT2D eigenvalue weighted by Crippen LogP contribution is -2.13. The van der Waals surface area contributed by atoms with Crippen molar-refractivity contribution < 1.29 is 0 Å². The minimum absolute atomic E-state index is 0.888. The molecule has 0 aliphatic carbocycles. The maximum Gasteiger partial charge on any atom is 0.0300 e. The van der Waals surface area contributed by atoms with Crippen molar-refractivity contribution in [2.75, 3.05) is 6.26 Å². The average Bonchev–Trinajstić information content (AvgIpc) is 2.42. The molecule has 0 radical (unpaired) electrons. The van der Waals surface area contributed by atoms with Gasteiger partial charge in [-0.1, -0.05) is 12.1 Å². The first-order valence-electron chi connectivity index (χ1n) is 6.03. The van der Waals surface area contributed by atoms with E-state index in [0.29, 0.717) is 0 Å². The van der Waals surface area contributed by atoms with Crippen LogP contribution < -0.4 is 5.32 Å². The summed E-state index contributed by atoms with van der Waals surface area (Å²) in [5, 5.41) is 3.46. The fraction of sp³-hybridized carbons (Fsp3) is 0.267. The van der Waals surface area contributed by atoms with E-state index in [-0.39, 0.29) is 0 Å². The van der Waals surface area contributed by atoms with E-state index in [4.69, 9.17) is 0 Å². The third-order valence-corrected chi connectivity index (χ3v) is 3.68. The number of pyridine rings is 1. The molecule has 18 heavy (non-hydrogen) atoms. The second-order valence-corrected chi connectivity index (χ2v) is 5.13. The molecule has 0 atom stereocenters. The van der Waals surface area contributed by atoms with Gasteiger partial charge in [-0.3, -0.25) is 4.98 Å². The molecule has 2 aromatic rings. The number of aryl methyl sites for hydroxylation is 1. The smallest absolute Gasteiger partial charge is 0.0300 e. The van der Waals surface area contributed by atoms with Crippen LogP contribution in [0.25, 0.3) is 0 Å². The van der Waals surface area contributed by atoms with E-state index in [1.807, 2.05) is 12.4 Å². The first-order valence-corrected chi connectivity index (χ1v) is 7.25. The summed E-state index contributed by atoms with van der Waals surface area (Å²) in [6.45, 7) is 3.88. The number of hydrogen-bond donors (Lipinski definition) is 1. The zero-order chi connectivity index (χ0) is 12.8. The van der Waals surface area contributed by atoms with Gasteiger partial charge >= 0.3 is 0 Å². The molecule has 0 saturated heterocycles. The maximum absolute atomic E-state index is 4.10. The fourth-order valence-corrected chi connectivity index (χ4v) is 2.19. The summed E-state index contributed by atoms with van der Waals surface area (Å²) in [7, 11) is 0. The number of benzene rings is 1. The number of nitrogens with zero attached hydrogens (tertiary/aromatic N) is 1. The Kier molecular flexibility index (Phi) is 4.79. The number of aromatic nitrogens is 1. The van der Waals surface area contributed by atoms with E-state index in [1.54, 1.807) is 11.8 Å². The van der Waals surface area contributed by atoms with Crippen LogP contribution in [-0.2, 0) is 13.1 Å². The van der Waals surface area contributed by atoms with Crippen LogP contribution in [0.4, 0.5) is 0 Å². The van der Waals surface area contributed by atoms with Gasteiger partial charge in [-0.15, -0.1) is 11.8 Å². The standard InChI is InChI=1S/C15H18N2S/c1-12-9-16-8-7-14(12)11-17-10-13-3-5-15(18-2)6-4-13/h3-9,17H,10-11H2,1-2H3. The molecule has 0 aliphatic rings. The van der Waals surface area contributed by atoms with E-state index in [2.05, 4.69) is 53.8 Å². The highest BCUT2D eigenvalue weighted by Gasteiger charge is 1.98. The number of hydrogen-bond acceptors (Lipinski definition) is 3. The van der Waals surface area contributed by atoms with Crippen LogP contribution in [0.1, 0.15) is 16.7 Å². The Hall–Kier alpha value is -1.32. The van der Waals surface area contributed by atoms with Crippen molar-refractivity contribution in [2.24, 2.45) is 0 Å². The predicted molar refractivity (Wildman–Crippen MR) is 77.7 cm³/mol.